The molecule has 0 aliphatic heterocycles. The van der Waals surface area contributed by atoms with E-state index in [4.69, 9.17) is 5.11 Å². The highest BCUT2D eigenvalue weighted by Gasteiger charge is 2.16. The van der Waals surface area contributed by atoms with Crippen molar-refractivity contribution in [2.75, 3.05) is 0 Å². The Morgan fingerprint density at radius 1 is 1.64 bits per heavy atom. The van der Waals surface area contributed by atoms with Crippen LogP contribution in [0.2, 0.25) is 0 Å². The summed E-state index contributed by atoms with van der Waals surface area (Å²) < 4.78 is 0. The molecule has 6 heteroatoms. The van der Waals surface area contributed by atoms with Crippen molar-refractivity contribution >= 4 is 35.1 Å². The summed E-state index contributed by atoms with van der Waals surface area (Å²) in [4.78, 5) is 24.4. The second-order valence-corrected chi connectivity index (χ2v) is 2.90. The molecular formula is C5H3NO3S2. The molecule has 1 heterocycles. The monoisotopic (exact) mass is 189 g/mol. The Morgan fingerprint density at radius 2 is 2.27 bits per heavy atom. The Morgan fingerprint density at radius 3 is 2.64 bits per heavy atom. The molecule has 0 atom stereocenters. The topological polar surface area (TPSA) is 67.3 Å². The number of nitrogens with zero attached hydrogens (tertiary/aromatic N) is 1. The zero-order valence-corrected chi connectivity index (χ0v) is 6.85. The van der Waals surface area contributed by atoms with Crippen LogP contribution < -0.4 is 0 Å². The predicted octanol–water partition coefficient (Wildman–Crippen LogP) is 0.911. The molecule has 0 saturated heterocycles. The normalized spacial score (nSPS) is 9.55. The maximum atomic E-state index is 10.6. The van der Waals surface area contributed by atoms with Crippen LogP contribution in [-0.4, -0.2) is 21.2 Å². The molecule has 1 aromatic heterocycles. The maximum Gasteiger partial charge on any atom is 0.348 e. The highest BCUT2D eigenvalue weighted by molar-refractivity contribution is 7.97. The summed E-state index contributed by atoms with van der Waals surface area (Å²) in [6, 6.07) is 0. The first kappa shape index (κ1) is 8.22. The molecule has 1 rings (SSSR count). The Balaban J connectivity index is 3.16. The van der Waals surface area contributed by atoms with Gasteiger partial charge in [0.05, 0.1) is 5.51 Å². The molecule has 0 bridgehead atoms. The smallest absolute Gasteiger partial charge is 0.348 e. The van der Waals surface area contributed by atoms with Crippen molar-refractivity contribution in [1.82, 2.24) is 4.98 Å². The van der Waals surface area contributed by atoms with E-state index in [1.165, 1.54) is 5.51 Å². The van der Waals surface area contributed by atoms with Crippen LogP contribution in [0.3, 0.4) is 0 Å². The average molecular weight is 189 g/mol. The quantitative estimate of drug-likeness (QED) is 0.678. The zero-order chi connectivity index (χ0) is 8.43. The van der Waals surface area contributed by atoms with Gasteiger partial charge in [0.1, 0.15) is 10.6 Å². The van der Waals surface area contributed by atoms with Gasteiger partial charge >= 0.3 is 5.97 Å². The van der Waals surface area contributed by atoms with Gasteiger partial charge in [0.2, 0.25) is 5.12 Å². The minimum absolute atomic E-state index is 0.0648. The molecule has 1 aromatic rings. The zero-order valence-electron chi connectivity index (χ0n) is 5.14. The molecule has 0 aliphatic rings. The Bertz CT molecular complexity index is 278. The van der Waals surface area contributed by atoms with E-state index in [1.807, 2.05) is 0 Å². The number of aromatic carboxylic acids is 1. The molecule has 0 unspecified atom stereocenters. The number of carbonyl (C=O) groups is 2. The van der Waals surface area contributed by atoms with Crippen LogP contribution in [0.25, 0.3) is 0 Å². The fraction of sp³-hybridized carbons (Fsp3) is 0. The number of hydrogen-bond donors (Lipinski definition) is 2. The van der Waals surface area contributed by atoms with E-state index in [0.717, 1.165) is 11.3 Å². The number of thiol groups is 1. The number of carboxylic acids is 1. The summed E-state index contributed by atoms with van der Waals surface area (Å²) in [5, 5.41) is 7.87. The van der Waals surface area contributed by atoms with Crippen LogP contribution in [0.4, 0.5) is 0 Å². The lowest BCUT2D eigenvalue weighted by Gasteiger charge is -1.88. The molecule has 0 amide bonds. The van der Waals surface area contributed by atoms with Crippen molar-refractivity contribution in [2.24, 2.45) is 0 Å². The van der Waals surface area contributed by atoms with E-state index < -0.39 is 11.1 Å². The van der Waals surface area contributed by atoms with Crippen molar-refractivity contribution in [3.05, 3.63) is 16.1 Å². The lowest BCUT2D eigenvalue weighted by atomic mass is 10.4. The van der Waals surface area contributed by atoms with Gasteiger partial charge in [0.25, 0.3) is 0 Å². The average Bonchev–Trinajstić information content (AvgIpc) is 2.32. The highest BCUT2D eigenvalue weighted by atomic mass is 32.1. The minimum atomic E-state index is -1.15. The van der Waals surface area contributed by atoms with E-state index in [0.29, 0.717) is 0 Å². The van der Waals surface area contributed by atoms with Crippen LogP contribution in [0.5, 0.6) is 0 Å². The van der Waals surface area contributed by atoms with Crippen LogP contribution in [0.1, 0.15) is 20.2 Å². The molecule has 0 fully saturated rings. The van der Waals surface area contributed by atoms with Gasteiger partial charge in [0.15, 0.2) is 0 Å². The third-order valence-corrected chi connectivity index (χ3v) is 1.99. The third kappa shape index (κ3) is 1.58. The largest absolute Gasteiger partial charge is 0.477 e. The van der Waals surface area contributed by atoms with Crippen molar-refractivity contribution in [2.45, 2.75) is 0 Å². The van der Waals surface area contributed by atoms with Gasteiger partial charge in [-0.15, -0.1) is 11.3 Å². The molecule has 0 saturated carbocycles. The minimum Gasteiger partial charge on any atom is -0.477 e. The SMILES string of the molecule is O=C(S)c1ncsc1C(=O)O. The predicted molar refractivity (Wildman–Crippen MR) is 42.4 cm³/mol. The van der Waals surface area contributed by atoms with Gasteiger partial charge in [-0.05, 0) is 0 Å². The fourth-order valence-electron chi connectivity index (χ4n) is 0.550. The third-order valence-electron chi connectivity index (χ3n) is 0.964. The van der Waals surface area contributed by atoms with Gasteiger partial charge < -0.3 is 5.11 Å². The molecule has 58 valence electrons. The molecule has 11 heavy (non-hydrogen) atoms. The number of aromatic nitrogens is 1. The lowest BCUT2D eigenvalue weighted by Crippen LogP contribution is -2.01. The van der Waals surface area contributed by atoms with Crippen molar-refractivity contribution < 1.29 is 14.7 Å². The van der Waals surface area contributed by atoms with Gasteiger partial charge in [-0.2, -0.15) is 0 Å². The van der Waals surface area contributed by atoms with Crippen LogP contribution in [-0.2, 0) is 0 Å². The molecule has 0 spiro atoms. The maximum absolute atomic E-state index is 10.6. The summed E-state index contributed by atoms with van der Waals surface area (Å²) in [6.07, 6.45) is 0. The first-order chi connectivity index (χ1) is 5.13. The number of rotatable bonds is 2. The standard InChI is InChI=1S/C5H3NO3S2/c7-4(8)3-2(5(9)10)6-1-11-3/h1H,(H,7,8)(H,9,10). The Hall–Kier alpha value is -0.880. The first-order valence-corrected chi connectivity index (χ1v) is 3.85. The summed E-state index contributed by atoms with van der Waals surface area (Å²) in [5.41, 5.74) is 1.21. The van der Waals surface area contributed by atoms with Gasteiger partial charge in [-0.3, -0.25) is 4.79 Å². The van der Waals surface area contributed by atoms with Crippen molar-refractivity contribution in [3.63, 3.8) is 0 Å². The van der Waals surface area contributed by atoms with Gasteiger partial charge in [-0.1, -0.05) is 12.6 Å². The molecule has 1 N–H and O–H groups in total. The molecule has 0 aromatic carbocycles. The van der Waals surface area contributed by atoms with Crippen molar-refractivity contribution in [3.8, 4) is 0 Å². The molecule has 0 aliphatic carbocycles. The van der Waals surface area contributed by atoms with Crippen molar-refractivity contribution in [1.29, 1.82) is 0 Å². The second kappa shape index (κ2) is 3.02. The van der Waals surface area contributed by atoms with E-state index >= 15 is 0 Å². The summed E-state index contributed by atoms with van der Waals surface area (Å²) in [5.74, 6) is -1.15. The number of carboxylic acid groups (broad SMARTS) is 1. The number of carbonyl (C=O) groups excluding carboxylic acids is 1. The van der Waals surface area contributed by atoms with Gasteiger partial charge in [-0.25, -0.2) is 9.78 Å². The van der Waals surface area contributed by atoms with E-state index in [9.17, 15) is 9.59 Å². The molecular weight excluding hydrogens is 186 g/mol. The fourth-order valence-corrected chi connectivity index (χ4v) is 1.42. The summed E-state index contributed by atoms with van der Waals surface area (Å²) >= 11 is 4.37. The van der Waals surface area contributed by atoms with Crippen LogP contribution in [0.15, 0.2) is 5.51 Å². The number of thiazole rings is 1. The van der Waals surface area contributed by atoms with Crippen LogP contribution in [0, 0.1) is 0 Å². The molecule has 0 radical (unpaired) electrons. The van der Waals surface area contributed by atoms with E-state index in [1.54, 1.807) is 0 Å². The van der Waals surface area contributed by atoms with E-state index in [2.05, 4.69) is 17.6 Å². The van der Waals surface area contributed by atoms with Crippen LogP contribution >= 0.6 is 24.0 Å². The highest BCUT2D eigenvalue weighted by Crippen LogP contribution is 2.14. The van der Waals surface area contributed by atoms with Gasteiger partial charge in [0, 0.05) is 0 Å². The summed E-state index contributed by atoms with van der Waals surface area (Å²) in [7, 11) is 0. The summed E-state index contributed by atoms with van der Waals surface area (Å²) in [6.45, 7) is 0. The second-order valence-electron chi connectivity index (χ2n) is 1.64. The van der Waals surface area contributed by atoms with E-state index in [-0.39, 0.29) is 10.6 Å². The lowest BCUT2D eigenvalue weighted by molar-refractivity contribution is 0.0698. The first-order valence-electron chi connectivity index (χ1n) is 2.53. The molecule has 4 nitrogen and oxygen atoms in total. The Kier molecular flexibility index (Phi) is 2.25. The number of hydrogen-bond acceptors (Lipinski definition) is 4. The Labute approximate surface area is 71.3 Å².